The lowest BCUT2D eigenvalue weighted by Gasteiger charge is -2.38. The quantitative estimate of drug-likeness (QED) is 0.772. The first-order valence-corrected chi connectivity index (χ1v) is 5.87. The first-order valence-electron chi connectivity index (χ1n) is 5.87. The maximum absolute atomic E-state index is 11.6. The lowest BCUT2D eigenvalue weighted by Crippen LogP contribution is -2.54. The molecule has 0 saturated carbocycles. The number of aromatic nitrogens is 2. The van der Waals surface area contributed by atoms with Gasteiger partial charge in [0.15, 0.2) is 0 Å². The molecule has 7 nitrogen and oxygen atoms in total. The number of carbonyl (C=O) groups excluding carboxylic acids is 1. The zero-order chi connectivity index (χ0) is 13.0. The number of urea groups is 1. The molecule has 1 aromatic rings. The monoisotopic (exact) mass is 252 g/mol. The molecule has 0 aliphatic carbocycles. The van der Waals surface area contributed by atoms with Gasteiger partial charge >= 0.3 is 12.0 Å². The topological polar surface area (TPSA) is 87.5 Å². The van der Waals surface area contributed by atoms with Gasteiger partial charge in [-0.3, -0.25) is 9.48 Å². The Bertz CT molecular complexity index is 412. The van der Waals surface area contributed by atoms with Crippen molar-refractivity contribution in [3.63, 3.8) is 0 Å². The second-order valence-electron chi connectivity index (χ2n) is 4.37. The highest BCUT2D eigenvalue weighted by atomic mass is 16.4. The van der Waals surface area contributed by atoms with Crippen LogP contribution in [0.2, 0.25) is 0 Å². The van der Waals surface area contributed by atoms with Gasteiger partial charge in [0.2, 0.25) is 0 Å². The first-order chi connectivity index (χ1) is 8.65. The highest BCUT2D eigenvalue weighted by Gasteiger charge is 2.31. The normalized spacial score (nSPS) is 15.2. The van der Waals surface area contributed by atoms with E-state index in [-0.39, 0.29) is 18.4 Å². The minimum absolute atomic E-state index is 0.0966. The molecule has 0 radical (unpaired) electrons. The van der Waals surface area contributed by atoms with Gasteiger partial charge in [0, 0.05) is 37.9 Å². The number of carbonyl (C=O) groups is 2. The van der Waals surface area contributed by atoms with E-state index in [9.17, 15) is 9.59 Å². The van der Waals surface area contributed by atoms with Crippen LogP contribution in [0, 0.1) is 5.92 Å². The predicted molar refractivity (Wildman–Crippen MR) is 62.9 cm³/mol. The van der Waals surface area contributed by atoms with Crippen LogP contribution in [0.15, 0.2) is 18.5 Å². The number of nitrogens with zero attached hydrogens (tertiary/aromatic N) is 3. The summed E-state index contributed by atoms with van der Waals surface area (Å²) in [6.45, 7) is 2.20. The van der Waals surface area contributed by atoms with E-state index in [1.165, 1.54) is 0 Å². The third-order valence-electron chi connectivity index (χ3n) is 2.88. The summed E-state index contributed by atoms with van der Waals surface area (Å²) >= 11 is 0. The van der Waals surface area contributed by atoms with Gasteiger partial charge in [-0.1, -0.05) is 0 Å². The molecule has 0 atom stereocenters. The van der Waals surface area contributed by atoms with Crippen molar-refractivity contribution in [2.75, 3.05) is 19.6 Å². The second kappa shape index (κ2) is 5.52. The fourth-order valence-corrected chi connectivity index (χ4v) is 1.93. The number of rotatable bonds is 5. The van der Waals surface area contributed by atoms with Crippen LogP contribution < -0.4 is 5.32 Å². The SMILES string of the molecule is O=C(O)CC1CN(C(=O)NCCn2cccn2)C1. The Morgan fingerprint density at radius 2 is 2.22 bits per heavy atom. The number of hydrogen-bond acceptors (Lipinski definition) is 3. The smallest absolute Gasteiger partial charge is 0.317 e. The van der Waals surface area contributed by atoms with Crippen LogP contribution in [-0.2, 0) is 11.3 Å². The minimum atomic E-state index is -0.807. The van der Waals surface area contributed by atoms with Crippen molar-refractivity contribution in [1.29, 1.82) is 0 Å². The van der Waals surface area contributed by atoms with Gasteiger partial charge in [-0.25, -0.2) is 4.79 Å². The minimum Gasteiger partial charge on any atom is -0.481 e. The third-order valence-corrected chi connectivity index (χ3v) is 2.88. The molecule has 2 rings (SSSR count). The van der Waals surface area contributed by atoms with Crippen molar-refractivity contribution in [2.24, 2.45) is 5.92 Å². The molecule has 0 unspecified atom stereocenters. The number of likely N-dealkylation sites (tertiary alicyclic amines) is 1. The summed E-state index contributed by atoms with van der Waals surface area (Å²) in [5.41, 5.74) is 0. The molecule has 1 fully saturated rings. The van der Waals surface area contributed by atoms with Crippen LogP contribution >= 0.6 is 0 Å². The zero-order valence-electron chi connectivity index (χ0n) is 9.95. The molecule has 2 amide bonds. The molecule has 1 aliphatic rings. The van der Waals surface area contributed by atoms with Gasteiger partial charge in [0.25, 0.3) is 0 Å². The van der Waals surface area contributed by atoms with Gasteiger partial charge in [0.05, 0.1) is 13.0 Å². The maximum Gasteiger partial charge on any atom is 0.317 e. The second-order valence-corrected chi connectivity index (χ2v) is 4.37. The van der Waals surface area contributed by atoms with Crippen molar-refractivity contribution in [3.05, 3.63) is 18.5 Å². The highest BCUT2D eigenvalue weighted by Crippen LogP contribution is 2.18. The molecule has 7 heteroatoms. The Morgan fingerprint density at radius 3 is 2.83 bits per heavy atom. The zero-order valence-corrected chi connectivity index (χ0v) is 9.95. The Morgan fingerprint density at radius 1 is 1.44 bits per heavy atom. The molecule has 1 aromatic heterocycles. The summed E-state index contributed by atoms with van der Waals surface area (Å²) in [5, 5.41) is 15.4. The van der Waals surface area contributed by atoms with E-state index in [0.29, 0.717) is 26.2 Å². The molecule has 18 heavy (non-hydrogen) atoms. The number of aliphatic carboxylic acids is 1. The van der Waals surface area contributed by atoms with Crippen LogP contribution in [0.3, 0.4) is 0 Å². The van der Waals surface area contributed by atoms with E-state index < -0.39 is 5.97 Å². The fourth-order valence-electron chi connectivity index (χ4n) is 1.93. The molecule has 2 heterocycles. The molecule has 0 aromatic carbocycles. The summed E-state index contributed by atoms with van der Waals surface area (Å²) in [6, 6.07) is 1.69. The number of nitrogens with one attached hydrogen (secondary N) is 1. The summed E-state index contributed by atoms with van der Waals surface area (Å²) < 4.78 is 1.74. The Kier molecular flexibility index (Phi) is 3.81. The lowest BCUT2D eigenvalue weighted by molar-refractivity contribution is -0.139. The van der Waals surface area contributed by atoms with Crippen molar-refractivity contribution in [3.8, 4) is 0 Å². The third kappa shape index (κ3) is 3.22. The van der Waals surface area contributed by atoms with E-state index in [1.54, 1.807) is 15.8 Å². The van der Waals surface area contributed by atoms with E-state index in [0.717, 1.165) is 0 Å². The first kappa shape index (κ1) is 12.4. The highest BCUT2D eigenvalue weighted by molar-refractivity contribution is 5.75. The van der Waals surface area contributed by atoms with Crippen molar-refractivity contribution in [1.82, 2.24) is 20.0 Å². The molecule has 1 aliphatic heterocycles. The van der Waals surface area contributed by atoms with Crippen molar-refractivity contribution >= 4 is 12.0 Å². The van der Waals surface area contributed by atoms with Crippen LogP contribution in [-0.4, -0.2) is 51.4 Å². The number of carboxylic acid groups (broad SMARTS) is 1. The van der Waals surface area contributed by atoms with Gasteiger partial charge in [-0.2, -0.15) is 5.10 Å². The van der Waals surface area contributed by atoms with Crippen LogP contribution in [0.5, 0.6) is 0 Å². The van der Waals surface area contributed by atoms with E-state index in [4.69, 9.17) is 5.11 Å². The number of amides is 2. The van der Waals surface area contributed by atoms with Gasteiger partial charge in [0.1, 0.15) is 0 Å². The molecule has 2 N–H and O–H groups in total. The average molecular weight is 252 g/mol. The Labute approximate surface area is 104 Å². The standard InChI is InChI=1S/C11H16N4O3/c16-10(17)6-9-7-14(8-9)11(18)12-3-5-15-4-1-2-13-15/h1-2,4,9H,3,5-8H2,(H,12,18)(H,16,17). The molecule has 0 bridgehead atoms. The van der Waals surface area contributed by atoms with Crippen LogP contribution in [0.4, 0.5) is 4.79 Å². The molecule has 98 valence electrons. The number of carboxylic acids is 1. The van der Waals surface area contributed by atoms with E-state index in [1.807, 2.05) is 12.3 Å². The summed E-state index contributed by atoms with van der Waals surface area (Å²) in [7, 11) is 0. The summed E-state index contributed by atoms with van der Waals surface area (Å²) in [4.78, 5) is 23.7. The van der Waals surface area contributed by atoms with Gasteiger partial charge < -0.3 is 15.3 Å². The predicted octanol–water partition coefficient (Wildman–Crippen LogP) is -0.000800. The van der Waals surface area contributed by atoms with Crippen molar-refractivity contribution < 1.29 is 14.7 Å². The fraction of sp³-hybridized carbons (Fsp3) is 0.545. The largest absolute Gasteiger partial charge is 0.481 e. The van der Waals surface area contributed by atoms with Crippen molar-refractivity contribution in [2.45, 2.75) is 13.0 Å². The Balaban J connectivity index is 1.60. The van der Waals surface area contributed by atoms with Gasteiger partial charge in [-0.05, 0) is 6.07 Å². The molecule has 1 saturated heterocycles. The number of hydrogen-bond donors (Lipinski definition) is 2. The summed E-state index contributed by atoms with van der Waals surface area (Å²) in [6.07, 6.45) is 3.66. The van der Waals surface area contributed by atoms with Crippen LogP contribution in [0.1, 0.15) is 6.42 Å². The lowest BCUT2D eigenvalue weighted by atomic mass is 9.97. The van der Waals surface area contributed by atoms with E-state index >= 15 is 0 Å². The average Bonchev–Trinajstić information content (AvgIpc) is 2.75. The maximum atomic E-state index is 11.6. The molecular formula is C11H16N4O3. The Hall–Kier alpha value is -2.05. The van der Waals surface area contributed by atoms with E-state index in [2.05, 4.69) is 10.4 Å². The van der Waals surface area contributed by atoms with Crippen LogP contribution in [0.25, 0.3) is 0 Å². The van der Waals surface area contributed by atoms with Gasteiger partial charge in [-0.15, -0.1) is 0 Å². The summed E-state index contributed by atoms with van der Waals surface area (Å²) in [5.74, 6) is -0.710. The molecule has 0 spiro atoms. The molecular weight excluding hydrogens is 236 g/mol.